The van der Waals surface area contributed by atoms with E-state index in [0.29, 0.717) is 10.7 Å². The fourth-order valence-corrected chi connectivity index (χ4v) is 4.42. The topological polar surface area (TPSA) is 54.9 Å². The normalized spacial score (nSPS) is 10.9. The predicted octanol–water partition coefficient (Wildman–Crippen LogP) is 5.39. The number of anilines is 1. The van der Waals surface area contributed by atoms with Crippen molar-refractivity contribution in [2.45, 2.75) is 4.90 Å². The maximum Gasteiger partial charge on any atom is 0.257 e. The van der Waals surface area contributed by atoms with Crippen LogP contribution in [0.25, 0.3) is 20.9 Å². The van der Waals surface area contributed by atoms with Crippen LogP contribution in [0, 0.1) is 0 Å². The van der Waals surface area contributed by atoms with Crippen LogP contribution in [-0.2, 0) is 0 Å². The molecule has 0 fully saturated rings. The minimum Gasteiger partial charge on any atom is -0.298 e. The van der Waals surface area contributed by atoms with Gasteiger partial charge >= 0.3 is 0 Å². The molecular weight excluding hydrogens is 370 g/mol. The highest BCUT2D eigenvalue weighted by atomic mass is 32.2. The van der Waals surface area contributed by atoms with Crippen LogP contribution in [0.1, 0.15) is 10.4 Å². The van der Waals surface area contributed by atoms with Crippen molar-refractivity contribution in [3.05, 3.63) is 59.5 Å². The fraction of sp³-hybridized carbons (Fsp3) is 0.0556. The van der Waals surface area contributed by atoms with Crippen molar-refractivity contribution in [1.29, 1.82) is 0 Å². The molecule has 0 bridgehead atoms. The van der Waals surface area contributed by atoms with Gasteiger partial charge in [0.1, 0.15) is 10.7 Å². The second-order valence-corrected chi connectivity index (χ2v) is 7.98. The summed E-state index contributed by atoms with van der Waals surface area (Å²) in [6.45, 7) is 0. The van der Waals surface area contributed by atoms with Gasteiger partial charge in [-0.2, -0.15) is 0 Å². The Morgan fingerprint density at radius 3 is 2.64 bits per heavy atom. The van der Waals surface area contributed by atoms with E-state index in [-0.39, 0.29) is 5.91 Å². The quantitative estimate of drug-likeness (QED) is 0.480. The number of thioether (sulfide) groups is 1. The minimum atomic E-state index is -0.155. The van der Waals surface area contributed by atoms with Crippen molar-refractivity contribution in [3.8, 4) is 10.7 Å². The van der Waals surface area contributed by atoms with E-state index in [9.17, 15) is 4.79 Å². The van der Waals surface area contributed by atoms with Crippen LogP contribution in [0.15, 0.2) is 58.8 Å². The number of benzene rings is 2. The molecule has 4 rings (SSSR count). The smallest absolute Gasteiger partial charge is 0.257 e. The predicted molar refractivity (Wildman–Crippen MR) is 107 cm³/mol. The summed E-state index contributed by atoms with van der Waals surface area (Å²) in [5.74, 6) is -0.155. The number of fused-ring (bicyclic) bond motifs is 1. The molecule has 2 aromatic heterocycles. The molecule has 4 nitrogen and oxygen atoms in total. The van der Waals surface area contributed by atoms with Gasteiger partial charge in [-0.05, 0) is 42.7 Å². The van der Waals surface area contributed by atoms with E-state index >= 15 is 0 Å². The molecule has 4 aromatic rings. The van der Waals surface area contributed by atoms with Gasteiger partial charge in [-0.25, -0.2) is 9.97 Å². The number of nitrogens with zero attached hydrogens (tertiary/aromatic N) is 2. The molecule has 0 radical (unpaired) electrons. The van der Waals surface area contributed by atoms with E-state index < -0.39 is 0 Å². The second kappa shape index (κ2) is 6.95. The monoisotopic (exact) mass is 383 g/mol. The Balaban J connectivity index is 1.53. The van der Waals surface area contributed by atoms with E-state index in [4.69, 9.17) is 0 Å². The zero-order chi connectivity index (χ0) is 17.2. The van der Waals surface area contributed by atoms with Crippen molar-refractivity contribution < 1.29 is 4.79 Å². The zero-order valence-electron chi connectivity index (χ0n) is 13.2. The molecule has 7 heteroatoms. The van der Waals surface area contributed by atoms with Crippen molar-refractivity contribution in [2.24, 2.45) is 0 Å². The van der Waals surface area contributed by atoms with Crippen LogP contribution >= 0.6 is 34.4 Å². The third kappa shape index (κ3) is 3.44. The second-order valence-electron chi connectivity index (χ2n) is 5.21. The van der Waals surface area contributed by atoms with Crippen LogP contribution in [0.2, 0.25) is 0 Å². The molecule has 0 aliphatic carbocycles. The molecule has 1 N–H and O–H groups in total. The molecule has 0 aliphatic rings. The van der Waals surface area contributed by atoms with Crippen LogP contribution < -0.4 is 5.32 Å². The largest absolute Gasteiger partial charge is 0.298 e. The van der Waals surface area contributed by atoms with Crippen molar-refractivity contribution in [2.75, 3.05) is 11.6 Å². The Kier molecular flexibility index (Phi) is 4.52. The lowest BCUT2D eigenvalue weighted by Gasteiger charge is -2.02. The molecule has 2 heterocycles. The third-order valence-corrected chi connectivity index (χ3v) is 6.15. The number of hydrogen-bond donors (Lipinski definition) is 1. The van der Waals surface area contributed by atoms with E-state index in [0.717, 1.165) is 25.8 Å². The summed E-state index contributed by atoms with van der Waals surface area (Å²) in [5.41, 5.74) is 2.38. The van der Waals surface area contributed by atoms with Crippen LogP contribution in [0.3, 0.4) is 0 Å². The van der Waals surface area contributed by atoms with Gasteiger partial charge in [-0.3, -0.25) is 10.1 Å². The molecule has 0 aliphatic heterocycles. The van der Waals surface area contributed by atoms with Crippen molar-refractivity contribution in [3.63, 3.8) is 0 Å². The Labute approximate surface area is 157 Å². The molecular formula is C18H13N3OS3. The average Bonchev–Trinajstić information content (AvgIpc) is 3.28. The molecule has 1 amide bonds. The molecule has 0 saturated carbocycles. The van der Waals surface area contributed by atoms with Crippen LogP contribution in [-0.4, -0.2) is 22.1 Å². The first-order chi connectivity index (χ1) is 12.2. The molecule has 124 valence electrons. The number of para-hydroxylation sites is 1. The number of carbonyl (C=O) groups excluding carboxylic acids is 1. The van der Waals surface area contributed by atoms with Gasteiger partial charge < -0.3 is 0 Å². The summed E-state index contributed by atoms with van der Waals surface area (Å²) >= 11 is 4.65. The highest BCUT2D eigenvalue weighted by Crippen LogP contribution is 2.32. The first kappa shape index (κ1) is 16.3. The molecule has 0 saturated heterocycles. The SMILES string of the molecule is CSc1ccc(C(=O)Nc2nc(-c3nc4ccccc4s3)cs2)cc1. The standard InChI is InChI=1S/C18H13N3OS3/c1-23-12-8-6-11(7-9-12)16(22)21-18-20-14(10-24-18)17-19-13-4-2-3-5-15(13)25-17/h2-10H,1H3,(H,20,21,22). The van der Waals surface area contributed by atoms with Crippen LogP contribution in [0.4, 0.5) is 5.13 Å². The lowest BCUT2D eigenvalue weighted by atomic mass is 10.2. The number of amides is 1. The summed E-state index contributed by atoms with van der Waals surface area (Å²) in [7, 11) is 0. The molecule has 0 unspecified atom stereocenters. The highest BCUT2D eigenvalue weighted by Gasteiger charge is 2.12. The molecule has 0 atom stereocenters. The average molecular weight is 384 g/mol. The molecule has 2 aromatic carbocycles. The Morgan fingerprint density at radius 1 is 1.08 bits per heavy atom. The maximum atomic E-state index is 12.3. The summed E-state index contributed by atoms with van der Waals surface area (Å²) < 4.78 is 1.13. The van der Waals surface area contributed by atoms with Crippen molar-refractivity contribution in [1.82, 2.24) is 9.97 Å². The minimum absolute atomic E-state index is 0.155. The van der Waals surface area contributed by atoms with Gasteiger partial charge in [0.2, 0.25) is 0 Å². The Hall–Kier alpha value is -2.22. The first-order valence-electron chi connectivity index (χ1n) is 7.50. The molecule has 25 heavy (non-hydrogen) atoms. The number of carbonyl (C=O) groups is 1. The van der Waals surface area contributed by atoms with Crippen LogP contribution in [0.5, 0.6) is 0 Å². The lowest BCUT2D eigenvalue weighted by Crippen LogP contribution is -2.11. The number of rotatable bonds is 4. The maximum absolute atomic E-state index is 12.3. The van der Waals surface area contributed by atoms with Gasteiger partial charge in [0.25, 0.3) is 5.91 Å². The van der Waals surface area contributed by atoms with E-state index in [2.05, 4.69) is 15.3 Å². The van der Waals surface area contributed by atoms with Gasteiger partial charge in [-0.1, -0.05) is 12.1 Å². The van der Waals surface area contributed by atoms with Crippen molar-refractivity contribution >= 4 is 55.7 Å². The number of nitrogens with one attached hydrogen (secondary N) is 1. The molecule has 0 spiro atoms. The van der Waals surface area contributed by atoms with Gasteiger partial charge in [0, 0.05) is 15.8 Å². The highest BCUT2D eigenvalue weighted by molar-refractivity contribution is 7.98. The zero-order valence-corrected chi connectivity index (χ0v) is 15.7. The number of aromatic nitrogens is 2. The lowest BCUT2D eigenvalue weighted by molar-refractivity contribution is 0.102. The summed E-state index contributed by atoms with van der Waals surface area (Å²) in [6, 6.07) is 15.5. The van der Waals surface area contributed by atoms with E-state index in [1.54, 1.807) is 23.1 Å². The van der Waals surface area contributed by atoms with Gasteiger partial charge in [0.05, 0.1) is 10.2 Å². The van der Waals surface area contributed by atoms with E-state index in [1.165, 1.54) is 11.3 Å². The van der Waals surface area contributed by atoms with Gasteiger partial charge in [-0.15, -0.1) is 34.4 Å². The summed E-state index contributed by atoms with van der Waals surface area (Å²) in [5, 5.41) is 6.22. The fourth-order valence-electron chi connectivity index (χ4n) is 2.32. The number of thiazole rings is 2. The van der Waals surface area contributed by atoms with E-state index in [1.807, 2.05) is 60.2 Å². The number of hydrogen-bond acceptors (Lipinski definition) is 6. The Bertz CT molecular complexity index is 1000. The third-order valence-electron chi connectivity index (χ3n) is 3.59. The Morgan fingerprint density at radius 2 is 1.88 bits per heavy atom. The summed E-state index contributed by atoms with van der Waals surface area (Å²) in [4.78, 5) is 22.6. The van der Waals surface area contributed by atoms with Gasteiger partial charge in [0.15, 0.2) is 5.13 Å². The summed E-state index contributed by atoms with van der Waals surface area (Å²) in [6.07, 6.45) is 2.01. The first-order valence-corrected chi connectivity index (χ1v) is 10.4.